The van der Waals surface area contributed by atoms with Gasteiger partial charge in [-0.3, -0.25) is 9.59 Å². The topological polar surface area (TPSA) is 52.7 Å². The predicted molar refractivity (Wildman–Crippen MR) is 118 cm³/mol. The van der Waals surface area contributed by atoms with Crippen LogP contribution in [-0.2, 0) is 9.59 Å². The molecule has 160 valence electrons. The first kappa shape index (κ1) is 21.8. The molecule has 2 amide bonds. The van der Waals surface area contributed by atoms with E-state index in [1.807, 2.05) is 6.07 Å². The smallest absolute Gasteiger partial charge is 0.227 e. The molecular weight excluding hydrogens is 362 g/mol. The first-order valence-electron chi connectivity index (χ1n) is 11.4. The molecule has 1 N–H and O–H groups in total. The molecule has 3 rings (SSSR count). The summed E-state index contributed by atoms with van der Waals surface area (Å²) in [6.45, 7) is 10.0. The lowest BCUT2D eigenvalue weighted by Crippen LogP contribution is -2.49. The van der Waals surface area contributed by atoms with E-state index in [0.717, 1.165) is 70.4 Å². The first-order valence-corrected chi connectivity index (χ1v) is 11.4. The highest BCUT2D eigenvalue weighted by Gasteiger charge is 2.31. The first-order chi connectivity index (χ1) is 14.0. The molecular formula is C24H37N3O2. The monoisotopic (exact) mass is 399 g/mol. The van der Waals surface area contributed by atoms with Gasteiger partial charge in [0.05, 0.1) is 0 Å². The number of carbonyl (C=O) groups excluding carboxylic acids is 2. The number of anilines is 1. The van der Waals surface area contributed by atoms with Gasteiger partial charge in [0.1, 0.15) is 0 Å². The molecule has 5 heteroatoms. The fraction of sp³-hybridized carbons (Fsp3) is 0.667. The molecule has 2 heterocycles. The van der Waals surface area contributed by atoms with Gasteiger partial charge in [-0.1, -0.05) is 19.4 Å². The maximum absolute atomic E-state index is 12.7. The number of unbranched alkanes of at least 4 members (excludes halogenated alkanes) is 1. The van der Waals surface area contributed by atoms with Crippen LogP contribution in [0.2, 0.25) is 0 Å². The summed E-state index contributed by atoms with van der Waals surface area (Å²) in [7, 11) is 0. The zero-order chi connectivity index (χ0) is 20.8. The molecule has 0 aromatic heterocycles. The van der Waals surface area contributed by atoms with E-state index in [2.05, 4.69) is 48.0 Å². The molecule has 0 radical (unpaired) electrons. The third-order valence-corrected chi connectivity index (χ3v) is 6.75. The summed E-state index contributed by atoms with van der Waals surface area (Å²) in [5.41, 5.74) is 3.35. The van der Waals surface area contributed by atoms with Crippen molar-refractivity contribution in [3.63, 3.8) is 0 Å². The molecule has 2 fully saturated rings. The van der Waals surface area contributed by atoms with Crippen LogP contribution in [0, 0.1) is 19.8 Å². The minimum atomic E-state index is 0.101. The fourth-order valence-electron chi connectivity index (χ4n) is 4.56. The molecule has 1 aromatic rings. The Morgan fingerprint density at radius 3 is 2.31 bits per heavy atom. The van der Waals surface area contributed by atoms with Gasteiger partial charge in [-0.25, -0.2) is 0 Å². The molecule has 5 nitrogen and oxygen atoms in total. The molecule has 2 aliphatic heterocycles. The molecule has 29 heavy (non-hydrogen) atoms. The van der Waals surface area contributed by atoms with E-state index >= 15 is 0 Å². The standard InChI is InChI=1S/C24H37N3O2/c1-4-5-6-23(28)27-15-11-22(12-16-27)26-13-9-20(10-14-26)24(29)25-21-8-7-18(2)19(3)17-21/h7-8,17,20,22H,4-6,9-16H2,1-3H3,(H,25,29). The van der Waals surface area contributed by atoms with Crippen LogP contribution in [0.4, 0.5) is 5.69 Å². The molecule has 2 aliphatic rings. The summed E-state index contributed by atoms with van der Waals surface area (Å²) in [6.07, 6.45) is 6.75. The quantitative estimate of drug-likeness (QED) is 0.782. The van der Waals surface area contributed by atoms with Crippen LogP contribution in [0.5, 0.6) is 0 Å². The van der Waals surface area contributed by atoms with E-state index in [-0.39, 0.29) is 11.8 Å². The number of rotatable bonds is 6. The highest BCUT2D eigenvalue weighted by atomic mass is 16.2. The lowest BCUT2D eigenvalue weighted by molar-refractivity contribution is -0.133. The summed E-state index contributed by atoms with van der Waals surface area (Å²) in [5, 5.41) is 3.11. The zero-order valence-corrected chi connectivity index (χ0v) is 18.4. The Kier molecular flexibility index (Phi) is 7.70. The van der Waals surface area contributed by atoms with Gasteiger partial charge in [0, 0.05) is 37.2 Å². The van der Waals surface area contributed by atoms with Crippen molar-refractivity contribution in [3.05, 3.63) is 29.3 Å². The van der Waals surface area contributed by atoms with Gasteiger partial charge in [-0.05, 0) is 82.3 Å². The van der Waals surface area contributed by atoms with Crippen LogP contribution < -0.4 is 5.32 Å². The maximum Gasteiger partial charge on any atom is 0.227 e. The SMILES string of the molecule is CCCCC(=O)N1CCC(N2CCC(C(=O)Nc3ccc(C)c(C)c3)CC2)CC1. The third kappa shape index (κ3) is 5.81. The van der Waals surface area contributed by atoms with Crippen LogP contribution in [0.3, 0.4) is 0 Å². The number of benzene rings is 1. The summed E-state index contributed by atoms with van der Waals surface area (Å²) in [4.78, 5) is 29.5. The van der Waals surface area contributed by atoms with Crippen molar-refractivity contribution in [2.75, 3.05) is 31.5 Å². The molecule has 1 aromatic carbocycles. The van der Waals surface area contributed by atoms with E-state index in [1.165, 1.54) is 11.1 Å². The van der Waals surface area contributed by atoms with E-state index in [9.17, 15) is 9.59 Å². The normalized spacial score (nSPS) is 19.3. The molecule has 0 aliphatic carbocycles. The Morgan fingerprint density at radius 2 is 1.69 bits per heavy atom. The highest BCUT2D eigenvalue weighted by molar-refractivity contribution is 5.92. The molecule has 0 saturated carbocycles. The molecule has 0 unspecified atom stereocenters. The number of carbonyl (C=O) groups is 2. The van der Waals surface area contributed by atoms with E-state index in [1.54, 1.807) is 0 Å². The molecule has 0 spiro atoms. The van der Waals surface area contributed by atoms with Crippen LogP contribution in [-0.4, -0.2) is 53.8 Å². The Balaban J connectivity index is 1.42. The Labute approximate surface area is 175 Å². The van der Waals surface area contributed by atoms with Crippen molar-refractivity contribution in [1.29, 1.82) is 0 Å². The highest BCUT2D eigenvalue weighted by Crippen LogP contribution is 2.25. The summed E-state index contributed by atoms with van der Waals surface area (Å²) in [5.74, 6) is 0.583. The Bertz CT molecular complexity index is 702. The van der Waals surface area contributed by atoms with E-state index in [4.69, 9.17) is 0 Å². The molecule has 2 saturated heterocycles. The number of aryl methyl sites for hydroxylation is 2. The number of hydrogen-bond acceptors (Lipinski definition) is 3. The Hall–Kier alpha value is -1.88. The minimum absolute atomic E-state index is 0.101. The van der Waals surface area contributed by atoms with E-state index < -0.39 is 0 Å². The van der Waals surface area contributed by atoms with Gasteiger partial charge >= 0.3 is 0 Å². The average molecular weight is 400 g/mol. The third-order valence-electron chi connectivity index (χ3n) is 6.75. The van der Waals surface area contributed by atoms with Gasteiger partial charge < -0.3 is 15.1 Å². The van der Waals surface area contributed by atoms with Crippen LogP contribution in [0.25, 0.3) is 0 Å². The maximum atomic E-state index is 12.7. The summed E-state index contributed by atoms with van der Waals surface area (Å²) in [6, 6.07) is 6.67. The lowest BCUT2D eigenvalue weighted by Gasteiger charge is -2.41. The van der Waals surface area contributed by atoms with Crippen LogP contribution >= 0.6 is 0 Å². The van der Waals surface area contributed by atoms with Crippen molar-refractivity contribution in [1.82, 2.24) is 9.80 Å². The average Bonchev–Trinajstić information content (AvgIpc) is 2.75. The fourth-order valence-corrected chi connectivity index (χ4v) is 4.56. The van der Waals surface area contributed by atoms with Crippen molar-refractivity contribution in [2.24, 2.45) is 5.92 Å². The number of hydrogen-bond donors (Lipinski definition) is 1. The number of piperidine rings is 2. The van der Waals surface area contributed by atoms with Crippen molar-refractivity contribution in [2.45, 2.75) is 71.8 Å². The van der Waals surface area contributed by atoms with Crippen LogP contribution in [0.15, 0.2) is 18.2 Å². The number of likely N-dealkylation sites (tertiary alicyclic amines) is 2. The Morgan fingerprint density at radius 1 is 1.00 bits per heavy atom. The predicted octanol–water partition coefficient (Wildman–Crippen LogP) is 4.14. The zero-order valence-electron chi connectivity index (χ0n) is 18.4. The van der Waals surface area contributed by atoms with Crippen molar-refractivity contribution < 1.29 is 9.59 Å². The van der Waals surface area contributed by atoms with Gasteiger partial charge in [0.25, 0.3) is 0 Å². The second-order valence-electron chi connectivity index (χ2n) is 8.81. The van der Waals surface area contributed by atoms with Crippen molar-refractivity contribution >= 4 is 17.5 Å². The van der Waals surface area contributed by atoms with E-state index in [0.29, 0.717) is 18.4 Å². The van der Waals surface area contributed by atoms with Gasteiger partial charge in [-0.15, -0.1) is 0 Å². The van der Waals surface area contributed by atoms with Crippen LogP contribution in [0.1, 0.15) is 63.0 Å². The lowest BCUT2D eigenvalue weighted by atomic mass is 9.92. The second-order valence-corrected chi connectivity index (χ2v) is 8.81. The largest absolute Gasteiger partial charge is 0.343 e. The summed E-state index contributed by atoms with van der Waals surface area (Å²) < 4.78 is 0. The van der Waals surface area contributed by atoms with Gasteiger partial charge in [0.15, 0.2) is 0 Å². The molecule has 0 bridgehead atoms. The number of nitrogens with one attached hydrogen (secondary N) is 1. The second kappa shape index (κ2) is 10.2. The van der Waals surface area contributed by atoms with Crippen molar-refractivity contribution in [3.8, 4) is 0 Å². The van der Waals surface area contributed by atoms with Gasteiger partial charge in [-0.2, -0.15) is 0 Å². The summed E-state index contributed by atoms with van der Waals surface area (Å²) >= 11 is 0. The number of nitrogens with zero attached hydrogens (tertiary/aromatic N) is 2. The number of amides is 2. The van der Waals surface area contributed by atoms with Gasteiger partial charge in [0.2, 0.25) is 11.8 Å². The minimum Gasteiger partial charge on any atom is -0.343 e. The molecule has 0 atom stereocenters.